The first kappa shape index (κ1) is 17.2. The first-order chi connectivity index (χ1) is 9.90. The van der Waals surface area contributed by atoms with Crippen molar-refractivity contribution in [1.82, 2.24) is 15.5 Å². The molecule has 1 fully saturated rings. The molecule has 0 aromatic rings. The number of carboxylic acid groups (broad SMARTS) is 2. The molecule has 2 atom stereocenters. The number of hydrogen-bond donors (Lipinski definition) is 4. The van der Waals surface area contributed by atoms with Gasteiger partial charge in [0.05, 0.1) is 0 Å². The lowest BCUT2D eigenvalue weighted by Gasteiger charge is -2.32. The second kappa shape index (κ2) is 8.46. The number of piperidine rings is 1. The molecule has 0 aromatic heterocycles. The molecule has 4 N–H and O–H groups in total. The van der Waals surface area contributed by atoms with Gasteiger partial charge in [-0.25, -0.2) is 9.59 Å². The van der Waals surface area contributed by atoms with E-state index in [9.17, 15) is 14.4 Å². The number of carbonyl (C=O) groups is 3. The van der Waals surface area contributed by atoms with Gasteiger partial charge in [0.1, 0.15) is 6.04 Å². The van der Waals surface area contributed by atoms with Crippen molar-refractivity contribution in [3.8, 4) is 0 Å². The fourth-order valence-corrected chi connectivity index (χ4v) is 2.35. The maximum atomic E-state index is 11.7. The van der Waals surface area contributed by atoms with E-state index in [1.807, 2.05) is 7.05 Å². The Hall–Kier alpha value is -1.83. The standard InChI is InChI=1S/C13H23N3O5/c1-16-7-3-2-4-9(16)8-14-13(21)15-10(12(19)20)5-6-11(17)18/h9-10H,2-8H2,1H3,(H,17,18)(H,19,20)(H2,14,15,21). The predicted molar refractivity (Wildman–Crippen MR) is 75.1 cm³/mol. The summed E-state index contributed by atoms with van der Waals surface area (Å²) in [5, 5.41) is 22.5. The van der Waals surface area contributed by atoms with Crippen molar-refractivity contribution in [2.75, 3.05) is 20.1 Å². The van der Waals surface area contributed by atoms with Crippen LogP contribution in [0.15, 0.2) is 0 Å². The van der Waals surface area contributed by atoms with E-state index in [2.05, 4.69) is 15.5 Å². The molecule has 2 unspecified atom stereocenters. The Kier molecular flexibility index (Phi) is 6.93. The molecular formula is C13H23N3O5. The molecule has 0 saturated carbocycles. The van der Waals surface area contributed by atoms with Crippen LogP contribution in [0.4, 0.5) is 4.79 Å². The van der Waals surface area contributed by atoms with E-state index >= 15 is 0 Å². The number of rotatable bonds is 7. The third-order valence-electron chi connectivity index (χ3n) is 3.67. The minimum Gasteiger partial charge on any atom is -0.481 e. The molecule has 1 aliphatic rings. The highest BCUT2D eigenvalue weighted by Gasteiger charge is 2.23. The Morgan fingerprint density at radius 2 is 2.00 bits per heavy atom. The molecule has 8 nitrogen and oxygen atoms in total. The van der Waals surface area contributed by atoms with Gasteiger partial charge in [-0.05, 0) is 32.9 Å². The zero-order chi connectivity index (χ0) is 15.8. The minimum atomic E-state index is -1.24. The van der Waals surface area contributed by atoms with Crippen LogP contribution in [0.5, 0.6) is 0 Å². The summed E-state index contributed by atoms with van der Waals surface area (Å²) >= 11 is 0. The number of hydrogen-bond acceptors (Lipinski definition) is 4. The van der Waals surface area contributed by atoms with Crippen LogP contribution < -0.4 is 10.6 Å². The number of amides is 2. The second-order valence-electron chi connectivity index (χ2n) is 5.31. The molecule has 0 aromatic carbocycles. The number of nitrogens with zero attached hydrogens (tertiary/aromatic N) is 1. The molecular weight excluding hydrogens is 278 g/mol. The summed E-state index contributed by atoms with van der Waals surface area (Å²) in [5.74, 6) is -2.33. The number of nitrogens with one attached hydrogen (secondary N) is 2. The molecule has 1 aliphatic heterocycles. The molecule has 2 amide bonds. The summed E-state index contributed by atoms with van der Waals surface area (Å²) in [7, 11) is 2.00. The lowest BCUT2D eigenvalue weighted by molar-refractivity contribution is -0.140. The van der Waals surface area contributed by atoms with Gasteiger partial charge in [-0.1, -0.05) is 6.42 Å². The topological polar surface area (TPSA) is 119 Å². The van der Waals surface area contributed by atoms with Crippen molar-refractivity contribution in [1.29, 1.82) is 0 Å². The fraction of sp³-hybridized carbons (Fsp3) is 0.769. The van der Waals surface area contributed by atoms with Crippen LogP contribution in [0, 0.1) is 0 Å². The molecule has 0 bridgehead atoms. The minimum absolute atomic E-state index is 0.137. The van der Waals surface area contributed by atoms with Crippen molar-refractivity contribution >= 4 is 18.0 Å². The van der Waals surface area contributed by atoms with E-state index in [0.717, 1.165) is 25.8 Å². The zero-order valence-corrected chi connectivity index (χ0v) is 12.2. The van der Waals surface area contributed by atoms with E-state index in [0.29, 0.717) is 6.54 Å². The lowest BCUT2D eigenvalue weighted by Crippen LogP contribution is -2.50. The van der Waals surface area contributed by atoms with E-state index in [-0.39, 0.29) is 18.9 Å². The van der Waals surface area contributed by atoms with Crippen LogP contribution in [-0.4, -0.2) is 65.3 Å². The summed E-state index contributed by atoms with van der Waals surface area (Å²) in [5.41, 5.74) is 0. The first-order valence-corrected chi connectivity index (χ1v) is 7.09. The van der Waals surface area contributed by atoms with Gasteiger partial charge in [-0.15, -0.1) is 0 Å². The van der Waals surface area contributed by atoms with Crippen molar-refractivity contribution in [3.05, 3.63) is 0 Å². The van der Waals surface area contributed by atoms with Crippen LogP contribution in [0.25, 0.3) is 0 Å². The van der Waals surface area contributed by atoms with Crippen molar-refractivity contribution in [3.63, 3.8) is 0 Å². The molecule has 1 saturated heterocycles. The third kappa shape index (κ3) is 6.44. The molecule has 0 aliphatic carbocycles. The second-order valence-corrected chi connectivity index (χ2v) is 5.31. The summed E-state index contributed by atoms with van der Waals surface area (Å²) in [6.45, 7) is 1.44. The number of carbonyl (C=O) groups excluding carboxylic acids is 1. The third-order valence-corrected chi connectivity index (χ3v) is 3.67. The van der Waals surface area contributed by atoms with Gasteiger partial charge in [-0.2, -0.15) is 0 Å². The SMILES string of the molecule is CN1CCCCC1CNC(=O)NC(CCC(=O)O)C(=O)O. The normalized spacial score (nSPS) is 20.5. The smallest absolute Gasteiger partial charge is 0.326 e. The van der Waals surface area contributed by atoms with Crippen LogP contribution in [-0.2, 0) is 9.59 Å². The Morgan fingerprint density at radius 3 is 2.57 bits per heavy atom. The number of carboxylic acids is 2. The maximum absolute atomic E-state index is 11.7. The Balaban J connectivity index is 2.35. The van der Waals surface area contributed by atoms with E-state index in [1.54, 1.807) is 0 Å². The summed E-state index contributed by atoms with van der Waals surface area (Å²) < 4.78 is 0. The molecule has 0 spiro atoms. The average Bonchev–Trinajstić information content (AvgIpc) is 2.42. The zero-order valence-electron chi connectivity index (χ0n) is 12.2. The Bertz CT molecular complexity index is 388. The van der Waals surface area contributed by atoms with Crippen LogP contribution in [0.2, 0.25) is 0 Å². The highest BCUT2D eigenvalue weighted by Crippen LogP contribution is 2.13. The Morgan fingerprint density at radius 1 is 1.29 bits per heavy atom. The van der Waals surface area contributed by atoms with Gasteiger partial charge in [0, 0.05) is 19.0 Å². The quantitative estimate of drug-likeness (QED) is 0.529. The van der Waals surface area contributed by atoms with Crippen molar-refractivity contribution in [2.24, 2.45) is 0 Å². The monoisotopic (exact) mass is 301 g/mol. The van der Waals surface area contributed by atoms with Crippen LogP contribution in [0.1, 0.15) is 32.1 Å². The molecule has 21 heavy (non-hydrogen) atoms. The maximum Gasteiger partial charge on any atom is 0.326 e. The largest absolute Gasteiger partial charge is 0.481 e. The van der Waals surface area contributed by atoms with E-state index in [4.69, 9.17) is 10.2 Å². The summed E-state index contributed by atoms with van der Waals surface area (Å²) in [6.07, 6.45) is 2.83. The van der Waals surface area contributed by atoms with Gasteiger partial charge in [-0.3, -0.25) is 4.79 Å². The van der Waals surface area contributed by atoms with E-state index < -0.39 is 24.0 Å². The first-order valence-electron chi connectivity index (χ1n) is 7.09. The molecule has 8 heteroatoms. The van der Waals surface area contributed by atoms with Crippen molar-refractivity contribution in [2.45, 2.75) is 44.2 Å². The highest BCUT2D eigenvalue weighted by molar-refractivity contribution is 5.83. The molecule has 1 heterocycles. The van der Waals surface area contributed by atoms with Crippen LogP contribution in [0.3, 0.4) is 0 Å². The summed E-state index contributed by atoms with van der Waals surface area (Å²) in [6, 6.07) is -1.51. The predicted octanol–water partition coefficient (Wildman–Crippen LogP) is 0.0879. The molecule has 0 radical (unpaired) electrons. The molecule has 120 valence electrons. The number of likely N-dealkylation sites (N-methyl/N-ethyl adjacent to an activating group) is 1. The van der Waals surface area contributed by atoms with Gasteiger partial charge >= 0.3 is 18.0 Å². The van der Waals surface area contributed by atoms with Gasteiger partial charge in [0.15, 0.2) is 0 Å². The van der Waals surface area contributed by atoms with Crippen molar-refractivity contribution < 1.29 is 24.6 Å². The van der Waals surface area contributed by atoms with Crippen LogP contribution >= 0.6 is 0 Å². The Labute approximate surface area is 123 Å². The average molecular weight is 301 g/mol. The van der Waals surface area contributed by atoms with Gasteiger partial charge in [0.25, 0.3) is 0 Å². The van der Waals surface area contributed by atoms with Gasteiger partial charge < -0.3 is 25.7 Å². The summed E-state index contributed by atoms with van der Waals surface area (Å²) in [4.78, 5) is 35.3. The molecule has 1 rings (SSSR count). The fourth-order valence-electron chi connectivity index (χ4n) is 2.35. The van der Waals surface area contributed by atoms with Gasteiger partial charge in [0.2, 0.25) is 0 Å². The highest BCUT2D eigenvalue weighted by atomic mass is 16.4. The number of aliphatic carboxylic acids is 2. The van der Waals surface area contributed by atoms with E-state index in [1.165, 1.54) is 0 Å². The number of urea groups is 1. The lowest BCUT2D eigenvalue weighted by atomic mass is 10.0. The number of likely N-dealkylation sites (tertiary alicyclic amines) is 1.